The van der Waals surface area contributed by atoms with Crippen molar-refractivity contribution in [2.45, 2.75) is 58.5 Å². The molecular weight excluding hydrogens is 248 g/mol. The van der Waals surface area contributed by atoms with Crippen LogP contribution >= 0.6 is 0 Å². The largest absolute Gasteiger partial charge is 0.382 e. The van der Waals surface area contributed by atoms with Gasteiger partial charge >= 0.3 is 0 Å². The molecule has 0 spiro atoms. The molecule has 1 amide bonds. The van der Waals surface area contributed by atoms with Crippen molar-refractivity contribution in [1.29, 1.82) is 0 Å². The number of rotatable bonds is 5. The highest BCUT2D eigenvalue weighted by atomic mass is 16.1. The lowest BCUT2D eigenvalue weighted by atomic mass is 10.1. The van der Waals surface area contributed by atoms with Gasteiger partial charge in [-0.05, 0) is 63.3 Å². The van der Waals surface area contributed by atoms with E-state index < -0.39 is 0 Å². The van der Waals surface area contributed by atoms with Gasteiger partial charge in [-0.3, -0.25) is 4.79 Å². The first-order valence-electron chi connectivity index (χ1n) is 7.76. The van der Waals surface area contributed by atoms with Gasteiger partial charge in [-0.25, -0.2) is 0 Å². The van der Waals surface area contributed by atoms with E-state index in [4.69, 9.17) is 0 Å². The summed E-state index contributed by atoms with van der Waals surface area (Å²) in [5.41, 5.74) is 1.84. The molecule has 2 N–H and O–H groups in total. The summed E-state index contributed by atoms with van der Waals surface area (Å²) in [6.07, 6.45) is 5.15. The Morgan fingerprint density at radius 2 is 1.95 bits per heavy atom. The van der Waals surface area contributed by atoms with Crippen molar-refractivity contribution in [2.75, 3.05) is 5.32 Å². The predicted molar refractivity (Wildman–Crippen MR) is 84.1 cm³/mol. The summed E-state index contributed by atoms with van der Waals surface area (Å²) in [5.74, 6) is 0.877. The Bertz CT molecular complexity index is 439. The first kappa shape index (κ1) is 14.9. The molecule has 1 aromatic rings. The Morgan fingerprint density at radius 1 is 1.25 bits per heavy atom. The third-order valence-corrected chi connectivity index (χ3v) is 4.06. The predicted octanol–water partition coefficient (Wildman–Crippen LogP) is 3.82. The minimum Gasteiger partial charge on any atom is -0.382 e. The number of benzene rings is 1. The maximum atomic E-state index is 11.9. The molecule has 2 rings (SSSR count). The standard InChI is InChI=1S/C17H26N2O/c1-4-13-5-8-16(11-13)19-15-9-6-14(7-10-15)17(20)18-12(2)3/h6-7,9-10,12-13,16,19H,4-5,8,11H2,1-3H3,(H,18,20). The van der Waals surface area contributed by atoms with Crippen LogP contribution in [0.5, 0.6) is 0 Å². The molecule has 2 unspecified atom stereocenters. The fourth-order valence-corrected chi connectivity index (χ4v) is 2.88. The lowest BCUT2D eigenvalue weighted by Gasteiger charge is -2.15. The van der Waals surface area contributed by atoms with Gasteiger partial charge in [-0.2, -0.15) is 0 Å². The van der Waals surface area contributed by atoms with Crippen molar-refractivity contribution >= 4 is 11.6 Å². The summed E-state index contributed by atoms with van der Waals surface area (Å²) in [6, 6.07) is 8.57. The normalized spacial score (nSPS) is 22.0. The van der Waals surface area contributed by atoms with Gasteiger partial charge in [0.15, 0.2) is 0 Å². The zero-order valence-corrected chi connectivity index (χ0v) is 12.8. The van der Waals surface area contributed by atoms with Gasteiger partial charge < -0.3 is 10.6 Å². The van der Waals surface area contributed by atoms with Crippen LogP contribution in [0, 0.1) is 5.92 Å². The monoisotopic (exact) mass is 274 g/mol. The molecule has 1 aromatic carbocycles. The van der Waals surface area contributed by atoms with Crippen LogP contribution in [0.15, 0.2) is 24.3 Å². The Kier molecular flexibility index (Phi) is 5.05. The highest BCUT2D eigenvalue weighted by molar-refractivity contribution is 5.94. The average Bonchev–Trinajstić information content (AvgIpc) is 2.86. The molecule has 0 aliphatic heterocycles. The molecule has 3 nitrogen and oxygen atoms in total. The molecule has 0 aromatic heterocycles. The first-order valence-corrected chi connectivity index (χ1v) is 7.76. The molecular formula is C17H26N2O. The van der Waals surface area contributed by atoms with Crippen LogP contribution in [0.4, 0.5) is 5.69 Å². The van der Waals surface area contributed by atoms with E-state index >= 15 is 0 Å². The highest BCUT2D eigenvalue weighted by Gasteiger charge is 2.22. The molecule has 0 bridgehead atoms. The third-order valence-electron chi connectivity index (χ3n) is 4.06. The van der Waals surface area contributed by atoms with Crippen LogP contribution in [-0.2, 0) is 0 Å². The van der Waals surface area contributed by atoms with Gasteiger partial charge in [0.05, 0.1) is 0 Å². The molecule has 20 heavy (non-hydrogen) atoms. The summed E-state index contributed by atoms with van der Waals surface area (Å²) in [7, 11) is 0. The smallest absolute Gasteiger partial charge is 0.251 e. The fraction of sp³-hybridized carbons (Fsp3) is 0.588. The minimum atomic E-state index is -0.00142. The van der Waals surface area contributed by atoms with Gasteiger partial charge in [0.1, 0.15) is 0 Å². The van der Waals surface area contributed by atoms with E-state index in [1.165, 1.54) is 25.7 Å². The second kappa shape index (κ2) is 6.78. The van der Waals surface area contributed by atoms with Crippen molar-refractivity contribution < 1.29 is 4.79 Å². The molecule has 0 saturated heterocycles. The number of nitrogens with one attached hydrogen (secondary N) is 2. The minimum absolute atomic E-state index is 0.00142. The van der Waals surface area contributed by atoms with Crippen LogP contribution in [0.1, 0.15) is 56.8 Å². The molecule has 1 aliphatic carbocycles. The quantitative estimate of drug-likeness (QED) is 0.857. The van der Waals surface area contributed by atoms with E-state index in [0.29, 0.717) is 6.04 Å². The molecule has 1 aliphatic rings. The van der Waals surface area contributed by atoms with E-state index in [9.17, 15) is 4.79 Å². The number of hydrogen-bond donors (Lipinski definition) is 2. The maximum absolute atomic E-state index is 11.9. The van der Waals surface area contributed by atoms with Crippen molar-refractivity contribution in [1.82, 2.24) is 5.32 Å². The van der Waals surface area contributed by atoms with Crippen LogP contribution < -0.4 is 10.6 Å². The number of hydrogen-bond acceptors (Lipinski definition) is 2. The average molecular weight is 274 g/mol. The van der Waals surface area contributed by atoms with Gasteiger partial charge in [-0.15, -0.1) is 0 Å². The maximum Gasteiger partial charge on any atom is 0.251 e. The van der Waals surface area contributed by atoms with Crippen molar-refractivity contribution in [3.63, 3.8) is 0 Å². The second-order valence-corrected chi connectivity index (χ2v) is 6.13. The van der Waals surface area contributed by atoms with Crippen LogP contribution in [-0.4, -0.2) is 18.0 Å². The molecule has 1 saturated carbocycles. The summed E-state index contributed by atoms with van der Waals surface area (Å²) < 4.78 is 0. The number of anilines is 1. The SMILES string of the molecule is CCC1CCC(Nc2ccc(C(=O)NC(C)C)cc2)C1. The summed E-state index contributed by atoms with van der Waals surface area (Å²) in [6.45, 7) is 6.21. The summed E-state index contributed by atoms with van der Waals surface area (Å²) >= 11 is 0. The molecule has 3 heteroatoms. The zero-order chi connectivity index (χ0) is 14.5. The molecule has 110 valence electrons. The van der Waals surface area contributed by atoms with Gasteiger partial charge in [0.2, 0.25) is 0 Å². The second-order valence-electron chi connectivity index (χ2n) is 6.13. The number of carbonyl (C=O) groups is 1. The lowest BCUT2D eigenvalue weighted by molar-refractivity contribution is 0.0943. The van der Waals surface area contributed by atoms with Crippen molar-refractivity contribution in [3.8, 4) is 0 Å². The molecule has 0 radical (unpaired) electrons. The number of amides is 1. The van der Waals surface area contributed by atoms with Crippen LogP contribution in [0.2, 0.25) is 0 Å². The fourth-order valence-electron chi connectivity index (χ4n) is 2.88. The van der Waals surface area contributed by atoms with Gasteiger partial charge in [0, 0.05) is 23.3 Å². The van der Waals surface area contributed by atoms with E-state index in [0.717, 1.165) is 17.2 Å². The Balaban J connectivity index is 1.90. The third kappa shape index (κ3) is 3.99. The van der Waals surface area contributed by atoms with E-state index in [1.807, 2.05) is 38.1 Å². The lowest BCUT2D eigenvalue weighted by Crippen LogP contribution is -2.30. The molecule has 0 heterocycles. The zero-order valence-electron chi connectivity index (χ0n) is 12.8. The highest BCUT2D eigenvalue weighted by Crippen LogP contribution is 2.30. The Hall–Kier alpha value is -1.51. The van der Waals surface area contributed by atoms with Gasteiger partial charge in [-0.1, -0.05) is 13.3 Å². The van der Waals surface area contributed by atoms with Gasteiger partial charge in [0.25, 0.3) is 5.91 Å². The summed E-state index contributed by atoms with van der Waals surface area (Å²) in [5, 5.41) is 6.49. The van der Waals surface area contributed by atoms with Crippen molar-refractivity contribution in [3.05, 3.63) is 29.8 Å². The van der Waals surface area contributed by atoms with Crippen LogP contribution in [0.3, 0.4) is 0 Å². The van der Waals surface area contributed by atoms with E-state index in [-0.39, 0.29) is 11.9 Å². The molecule has 2 atom stereocenters. The van der Waals surface area contributed by atoms with Crippen molar-refractivity contribution in [2.24, 2.45) is 5.92 Å². The number of carbonyl (C=O) groups excluding carboxylic acids is 1. The van der Waals surface area contributed by atoms with E-state index in [1.54, 1.807) is 0 Å². The topological polar surface area (TPSA) is 41.1 Å². The summed E-state index contributed by atoms with van der Waals surface area (Å²) in [4.78, 5) is 11.9. The van der Waals surface area contributed by atoms with Crippen LogP contribution in [0.25, 0.3) is 0 Å². The molecule has 1 fully saturated rings. The Morgan fingerprint density at radius 3 is 2.50 bits per heavy atom. The Labute approximate surface area is 122 Å². The van der Waals surface area contributed by atoms with E-state index in [2.05, 4.69) is 17.6 Å². The first-order chi connectivity index (χ1) is 9.58.